The van der Waals surface area contributed by atoms with Gasteiger partial charge < -0.3 is 0 Å². The van der Waals surface area contributed by atoms with Crippen molar-refractivity contribution in [2.45, 2.75) is 6.92 Å². The summed E-state index contributed by atoms with van der Waals surface area (Å²) in [5, 5.41) is 2.57. The van der Waals surface area contributed by atoms with E-state index in [9.17, 15) is 0 Å². The lowest BCUT2D eigenvalue weighted by molar-refractivity contribution is 1.48. The zero-order chi connectivity index (χ0) is 19.6. The van der Waals surface area contributed by atoms with Gasteiger partial charge in [0.15, 0.2) is 0 Å². The first-order chi connectivity index (χ1) is 14.3. The van der Waals surface area contributed by atoms with Crippen molar-refractivity contribution >= 4 is 10.8 Å². The fourth-order valence-corrected chi connectivity index (χ4v) is 4.23. The predicted octanol–water partition coefficient (Wildman–Crippen LogP) is 8.15. The lowest BCUT2D eigenvalue weighted by Gasteiger charge is -2.18. The van der Waals surface area contributed by atoms with E-state index in [-0.39, 0.29) is 0 Å². The summed E-state index contributed by atoms with van der Waals surface area (Å²) >= 11 is 0. The maximum absolute atomic E-state index is 2.35. The number of hydrogen-bond donors (Lipinski definition) is 0. The van der Waals surface area contributed by atoms with Crippen LogP contribution in [0.4, 0.5) is 0 Å². The zero-order valence-electron chi connectivity index (χ0n) is 16.5. The van der Waals surface area contributed by atoms with Gasteiger partial charge in [-0.2, -0.15) is 0 Å². The van der Waals surface area contributed by atoms with Crippen molar-refractivity contribution in [2.24, 2.45) is 0 Å². The van der Waals surface area contributed by atoms with Gasteiger partial charge in [0.05, 0.1) is 0 Å². The molecule has 0 N–H and O–H groups in total. The molecular weight excluding hydrogens is 348 g/mol. The lowest BCUT2D eigenvalue weighted by atomic mass is 9.85. The topological polar surface area (TPSA) is 0 Å². The number of fused-ring (bicyclic) bond motifs is 1. The fraction of sp³-hybridized carbons (Fsp3) is 0.0345. The summed E-state index contributed by atoms with van der Waals surface area (Å²) in [6.45, 7) is 2.22. The SMILES string of the molecule is Cc1cc2ccc(-c3ccccc3)cc2c(-c2ccccc2)c1-c1ccccc1. The Morgan fingerprint density at radius 2 is 0.931 bits per heavy atom. The Balaban J connectivity index is 1.88. The molecule has 0 spiro atoms. The molecule has 0 aliphatic carbocycles. The molecule has 29 heavy (non-hydrogen) atoms. The third-order valence-electron chi connectivity index (χ3n) is 5.57. The molecule has 0 bridgehead atoms. The van der Waals surface area contributed by atoms with Crippen LogP contribution in [-0.4, -0.2) is 0 Å². The maximum atomic E-state index is 2.35. The standard InChI is InChI=1S/C29H22/c1-21-19-26-18-17-25(22-11-5-2-6-12-22)20-27(26)29(24-15-9-4-10-16-24)28(21)23-13-7-3-8-14-23/h2-20H,1H3. The van der Waals surface area contributed by atoms with Gasteiger partial charge in [-0.3, -0.25) is 0 Å². The molecule has 0 amide bonds. The molecule has 0 aromatic heterocycles. The second kappa shape index (κ2) is 7.41. The summed E-state index contributed by atoms with van der Waals surface area (Å²) in [7, 11) is 0. The van der Waals surface area contributed by atoms with Gasteiger partial charge in [-0.05, 0) is 62.7 Å². The average molecular weight is 370 g/mol. The molecule has 0 fully saturated rings. The number of benzene rings is 5. The third kappa shape index (κ3) is 3.23. The molecule has 0 aliphatic rings. The van der Waals surface area contributed by atoms with E-state index in [1.54, 1.807) is 0 Å². The summed E-state index contributed by atoms with van der Waals surface area (Å²) in [6.07, 6.45) is 0. The molecule has 5 rings (SSSR count). The Bertz CT molecular complexity index is 1270. The van der Waals surface area contributed by atoms with Crippen LogP contribution in [-0.2, 0) is 0 Å². The minimum Gasteiger partial charge on any atom is -0.0622 e. The van der Waals surface area contributed by atoms with Crippen LogP contribution in [0, 0.1) is 6.92 Å². The van der Waals surface area contributed by atoms with Crippen LogP contribution in [0.1, 0.15) is 5.56 Å². The van der Waals surface area contributed by atoms with Crippen LogP contribution in [0.3, 0.4) is 0 Å². The fourth-order valence-electron chi connectivity index (χ4n) is 4.23. The van der Waals surface area contributed by atoms with Crippen molar-refractivity contribution < 1.29 is 0 Å². The van der Waals surface area contributed by atoms with Crippen LogP contribution in [0.5, 0.6) is 0 Å². The molecule has 0 heterocycles. The Hall–Kier alpha value is -3.64. The highest BCUT2D eigenvalue weighted by Gasteiger charge is 2.15. The zero-order valence-corrected chi connectivity index (χ0v) is 16.5. The molecule has 0 radical (unpaired) electrons. The van der Waals surface area contributed by atoms with E-state index in [0.717, 1.165) is 0 Å². The van der Waals surface area contributed by atoms with E-state index in [1.807, 2.05) is 0 Å². The quantitative estimate of drug-likeness (QED) is 0.300. The van der Waals surface area contributed by atoms with Gasteiger partial charge >= 0.3 is 0 Å². The average Bonchev–Trinajstić information content (AvgIpc) is 2.79. The Morgan fingerprint density at radius 3 is 1.52 bits per heavy atom. The van der Waals surface area contributed by atoms with Crippen LogP contribution >= 0.6 is 0 Å². The summed E-state index contributed by atoms with van der Waals surface area (Å²) in [5.74, 6) is 0. The minimum absolute atomic E-state index is 1.25. The van der Waals surface area contributed by atoms with Gasteiger partial charge in [-0.15, -0.1) is 0 Å². The first-order valence-corrected chi connectivity index (χ1v) is 10.0. The summed E-state index contributed by atoms with van der Waals surface area (Å²) in [4.78, 5) is 0. The molecule has 0 saturated heterocycles. The number of rotatable bonds is 3. The van der Waals surface area contributed by atoms with Gasteiger partial charge in [-0.25, -0.2) is 0 Å². The highest BCUT2D eigenvalue weighted by atomic mass is 14.2. The molecule has 0 saturated carbocycles. The summed E-state index contributed by atoms with van der Waals surface area (Å²) in [5.41, 5.74) is 8.93. The van der Waals surface area contributed by atoms with Gasteiger partial charge in [0.25, 0.3) is 0 Å². The van der Waals surface area contributed by atoms with Gasteiger partial charge in [0, 0.05) is 0 Å². The molecule has 5 aromatic rings. The third-order valence-corrected chi connectivity index (χ3v) is 5.57. The normalized spacial score (nSPS) is 10.9. The van der Waals surface area contributed by atoms with E-state index in [0.29, 0.717) is 0 Å². The van der Waals surface area contributed by atoms with Gasteiger partial charge in [-0.1, -0.05) is 109 Å². The number of hydrogen-bond acceptors (Lipinski definition) is 0. The van der Waals surface area contributed by atoms with Gasteiger partial charge in [0.1, 0.15) is 0 Å². The van der Waals surface area contributed by atoms with Crippen LogP contribution in [0.2, 0.25) is 0 Å². The van der Waals surface area contributed by atoms with Crippen LogP contribution in [0.15, 0.2) is 115 Å². The molecule has 0 aliphatic heterocycles. The molecule has 0 heteroatoms. The van der Waals surface area contributed by atoms with Crippen molar-refractivity contribution in [3.8, 4) is 33.4 Å². The molecule has 0 nitrogen and oxygen atoms in total. The van der Waals surface area contributed by atoms with E-state index in [1.165, 1.54) is 49.7 Å². The highest BCUT2D eigenvalue weighted by molar-refractivity contribution is 6.06. The molecule has 0 atom stereocenters. The second-order valence-electron chi connectivity index (χ2n) is 7.48. The van der Waals surface area contributed by atoms with Crippen molar-refractivity contribution in [3.63, 3.8) is 0 Å². The first kappa shape index (κ1) is 17.5. The molecular formula is C29H22. The van der Waals surface area contributed by atoms with Crippen molar-refractivity contribution in [1.29, 1.82) is 0 Å². The predicted molar refractivity (Wildman–Crippen MR) is 125 cm³/mol. The lowest BCUT2D eigenvalue weighted by Crippen LogP contribution is -1.92. The van der Waals surface area contributed by atoms with Crippen molar-refractivity contribution in [2.75, 3.05) is 0 Å². The Morgan fingerprint density at radius 1 is 0.414 bits per heavy atom. The smallest absolute Gasteiger partial charge is 0.00239 e. The monoisotopic (exact) mass is 370 g/mol. The summed E-state index contributed by atoms with van der Waals surface area (Å²) in [6, 6.07) is 41.3. The second-order valence-corrected chi connectivity index (χ2v) is 7.48. The van der Waals surface area contributed by atoms with Gasteiger partial charge in [0.2, 0.25) is 0 Å². The van der Waals surface area contributed by atoms with Crippen LogP contribution < -0.4 is 0 Å². The van der Waals surface area contributed by atoms with E-state index in [4.69, 9.17) is 0 Å². The molecule has 0 unspecified atom stereocenters. The van der Waals surface area contributed by atoms with E-state index < -0.39 is 0 Å². The minimum atomic E-state index is 1.25. The molecule has 138 valence electrons. The van der Waals surface area contributed by atoms with E-state index >= 15 is 0 Å². The Kier molecular flexibility index (Phi) is 4.46. The number of aryl methyl sites for hydroxylation is 1. The highest BCUT2D eigenvalue weighted by Crippen LogP contribution is 2.41. The first-order valence-electron chi connectivity index (χ1n) is 10.0. The van der Waals surface area contributed by atoms with E-state index in [2.05, 4.69) is 122 Å². The largest absolute Gasteiger partial charge is 0.0622 e. The Labute approximate surface area is 172 Å². The summed E-state index contributed by atoms with van der Waals surface area (Å²) < 4.78 is 0. The molecule has 5 aromatic carbocycles. The van der Waals surface area contributed by atoms with Crippen molar-refractivity contribution in [1.82, 2.24) is 0 Å². The van der Waals surface area contributed by atoms with Crippen LogP contribution in [0.25, 0.3) is 44.2 Å². The maximum Gasteiger partial charge on any atom is -0.00239 e. The van der Waals surface area contributed by atoms with Crippen molar-refractivity contribution in [3.05, 3.63) is 121 Å².